The Balaban J connectivity index is 1.52. The third kappa shape index (κ3) is 4.85. The highest BCUT2D eigenvalue weighted by Crippen LogP contribution is 2.28. The highest BCUT2D eigenvalue weighted by atomic mass is 35.5. The normalized spacial score (nSPS) is 18.9. The number of amides is 3. The van der Waals surface area contributed by atoms with Crippen LogP contribution in [0, 0.1) is 17.6 Å². The van der Waals surface area contributed by atoms with Crippen molar-refractivity contribution >= 4 is 29.2 Å². The van der Waals surface area contributed by atoms with E-state index in [-0.39, 0.29) is 30.6 Å². The van der Waals surface area contributed by atoms with Crippen molar-refractivity contribution in [1.82, 2.24) is 24.9 Å². The molecule has 0 saturated heterocycles. The molecule has 1 aromatic carbocycles. The lowest BCUT2D eigenvalue weighted by atomic mass is 10.0. The number of anilines is 1. The lowest BCUT2D eigenvalue weighted by molar-refractivity contribution is 0.0778. The second-order valence-electron chi connectivity index (χ2n) is 8.77. The highest BCUT2D eigenvalue weighted by Gasteiger charge is 2.35. The summed E-state index contributed by atoms with van der Waals surface area (Å²) >= 11 is 5.60. The Bertz CT molecular complexity index is 1110. The van der Waals surface area contributed by atoms with Crippen LogP contribution in [0.15, 0.2) is 12.1 Å². The van der Waals surface area contributed by atoms with Crippen molar-refractivity contribution in [2.24, 2.45) is 5.92 Å². The average Bonchev–Trinajstić information content (AvgIpc) is 3.09. The van der Waals surface area contributed by atoms with Gasteiger partial charge in [0.1, 0.15) is 22.7 Å². The van der Waals surface area contributed by atoms with E-state index < -0.39 is 28.9 Å². The lowest BCUT2D eigenvalue weighted by Gasteiger charge is -2.27. The maximum Gasteiger partial charge on any atom is 0.322 e. The maximum atomic E-state index is 14.2. The fourth-order valence-electron chi connectivity index (χ4n) is 4.36. The molecule has 1 aromatic heterocycles. The van der Waals surface area contributed by atoms with Gasteiger partial charge in [0, 0.05) is 57.7 Å². The van der Waals surface area contributed by atoms with E-state index in [2.05, 4.69) is 15.7 Å². The zero-order valence-corrected chi connectivity index (χ0v) is 19.6. The van der Waals surface area contributed by atoms with Crippen LogP contribution < -0.4 is 10.6 Å². The smallest absolute Gasteiger partial charge is 0.322 e. The molecule has 8 nitrogen and oxygen atoms in total. The number of fused-ring (bicyclic) bond motifs is 3. The first-order valence-electron chi connectivity index (χ1n) is 11.0. The number of alkyl halides is 1. The van der Waals surface area contributed by atoms with Crippen LogP contribution in [-0.4, -0.2) is 70.9 Å². The summed E-state index contributed by atoms with van der Waals surface area (Å²) in [5, 5.41) is 9.45. The molecule has 1 unspecified atom stereocenters. The molecule has 2 N–H and O–H groups in total. The number of carbonyl (C=O) groups is 2. The Labute approximate surface area is 200 Å². The standard InChI is InChI=1S/C22H26ClF3N6O2/c1-12(24)7-27-8-13-9-30(2)21(33)20-14-11-31(6-5-16(14)29-32(20)10-13)22(34)28-17-4-3-15(25)18(23)19(17)26/h3-4,12-13,27H,5-11H2,1-2H3,(H,28,34)/t12?,13-/m0/s1. The van der Waals surface area contributed by atoms with Gasteiger partial charge in [0.2, 0.25) is 0 Å². The summed E-state index contributed by atoms with van der Waals surface area (Å²) in [7, 11) is 1.70. The minimum absolute atomic E-state index is 0.0425. The third-order valence-corrected chi connectivity index (χ3v) is 6.38. The van der Waals surface area contributed by atoms with Gasteiger partial charge in [0.05, 0.1) is 17.9 Å². The minimum atomic E-state index is -1.05. The van der Waals surface area contributed by atoms with Crippen LogP contribution in [0.5, 0.6) is 0 Å². The average molecular weight is 499 g/mol. The molecule has 34 heavy (non-hydrogen) atoms. The Morgan fingerprint density at radius 2 is 2.09 bits per heavy atom. The second kappa shape index (κ2) is 9.83. The third-order valence-electron chi connectivity index (χ3n) is 6.04. The molecule has 3 amide bonds. The quantitative estimate of drug-likeness (QED) is 0.621. The number of hydrogen-bond donors (Lipinski definition) is 2. The van der Waals surface area contributed by atoms with E-state index >= 15 is 0 Å². The minimum Gasteiger partial charge on any atom is -0.340 e. The van der Waals surface area contributed by atoms with Gasteiger partial charge in [-0.05, 0) is 19.1 Å². The summed E-state index contributed by atoms with van der Waals surface area (Å²) < 4.78 is 42.5. The summed E-state index contributed by atoms with van der Waals surface area (Å²) in [4.78, 5) is 29.0. The van der Waals surface area contributed by atoms with E-state index in [0.29, 0.717) is 43.9 Å². The molecular weight excluding hydrogens is 473 g/mol. The predicted molar refractivity (Wildman–Crippen MR) is 121 cm³/mol. The van der Waals surface area contributed by atoms with E-state index in [1.54, 1.807) is 16.6 Å². The van der Waals surface area contributed by atoms with Crippen molar-refractivity contribution < 1.29 is 22.8 Å². The number of hydrogen-bond acceptors (Lipinski definition) is 4. The van der Waals surface area contributed by atoms with Crippen LogP contribution >= 0.6 is 11.6 Å². The van der Waals surface area contributed by atoms with E-state index in [0.717, 1.165) is 17.8 Å². The van der Waals surface area contributed by atoms with Gasteiger partial charge in [0.15, 0.2) is 5.82 Å². The molecule has 2 atom stereocenters. The van der Waals surface area contributed by atoms with Crippen molar-refractivity contribution in [2.45, 2.75) is 32.6 Å². The highest BCUT2D eigenvalue weighted by molar-refractivity contribution is 6.31. The van der Waals surface area contributed by atoms with Crippen molar-refractivity contribution in [3.63, 3.8) is 0 Å². The van der Waals surface area contributed by atoms with Crippen LogP contribution in [-0.2, 0) is 19.5 Å². The first-order chi connectivity index (χ1) is 16.2. The second-order valence-corrected chi connectivity index (χ2v) is 9.15. The number of urea groups is 1. The van der Waals surface area contributed by atoms with Gasteiger partial charge in [-0.25, -0.2) is 18.0 Å². The monoisotopic (exact) mass is 498 g/mol. The zero-order valence-electron chi connectivity index (χ0n) is 18.9. The molecule has 184 valence electrons. The largest absolute Gasteiger partial charge is 0.340 e. The van der Waals surface area contributed by atoms with Gasteiger partial charge in [-0.1, -0.05) is 11.6 Å². The molecule has 0 saturated carbocycles. The molecular formula is C22H26ClF3N6O2. The molecule has 0 radical (unpaired) electrons. The van der Waals surface area contributed by atoms with Crippen molar-refractivity contribution in [1.29, 1.82) is 0 Å². The van der Waals surface area contributed by atoms with E-state index in [4.69, 9.17) is 11.6 Å². The Morgan fingerprint density at radius 1 is 1.32 bits per heavy atom. The van der Waals surface area contributed by atoms with Gasteiger partial charge >= 0.3 is 6.03 Å². The first-order valence-corrected chi connectivity index (χ1v) is 11.4. The molecule has 0 bridgehead atoms. The van der Waals surface area contributed by atoms with Gasteiger partial charge in [-0.3, -0.25) is 9.48 Å². The molecule has 2 aliphatic rings. The Morgan fingerprint density at radius 3 is 2.82 bits per heavy atom. The number of rotatable bonds is 5. The number of aromatic nitrogens is 2. The molecule has 0 spiro atoms. The fraction of sp³-hybridized carbons (Fsp3) is 0.500. The fourth-order valence-corrected chi connectivity index (χ4v) is 4.52. The van der Waals surface area contributed by atoms with Crippen LogP contribution in [0.4, 0.5) is 23.7 Å². The number of halogens is 4. The molecule has 12 heteroatoms. The number of nitrogens with one attached hydrogen (secondary N) is 2. The Kier molecular flexibility index (Phi) is 7.04. The SMILES string of the molecule is CC(F)CNC[C@H]1CN(C)C(=O)c2c3c(nn2C1)CCN(C(=O)Nc1ccc(F)c(Cl)c1F)C3. The van der Waals surface area contributed by atoms with Crippen LogP contribution in [0.25, 0.3) is 0 Å². The van der Waals surface area contributed by atoms with Crippen molar-refractivity contribution in [3.05, 3.63) is 45.7 Å². The van der Waals surface area contributed by atoms with E-state index in [1.165, 1.54) is 11.8 Å². The zero-order chi connectivity index (χ0) is 24.6. The topological polar surface area (TPSA) is 82.5 Å². The molecule has 3 heterocycles. The predicted octanol–water partition coefficient (Wildman–Crippen LogP) is 3.05. The number of benzene rings is 1. The van der Waals surface area contributed by atoms with Crippen molar-refractivity contribution in [3.8, 4) is 0 Å². The van der Waals surface area contributed by atoms with Gasteiger partial charge < -0.3 is 20.4 Å². The van der Waals surface area contributed by atoms with E-state index in [9.17, 15) is 22.8 Å². The van der Waals surface area contributed by atoms with Crippen LogP contribution in [0.1, 0.15) is 28.7 Å². The summed E-state index contributed by atoms with van der Waals surface area (Å²) in [5.74, 6) is -2.13. The lowest BCUT2D eigenvalue weighted by Crippen LogP contribution is -2.40. The molecule has 2 aliphatic heterocycles. The van der Waals surface area contributed by atoms with Gasteiger partial charge in [-0.2, -0.15) is 5.10 Å². The maximum absolute atomic E-state index is 14.2. The first kappa shape index (κ1) is 24.3. The Hall–Kier alpha value is -2.79. The summed E-state index contributed by atoms with van der Waals surface area (Å²) in [6.45, 7) is 3.66. The molecule has 0 fully saturated rings. The summed E-state index contributed by atoms with van der Waals surface area (Å²) in [6.07, 6.45) is -0.538. The number of carbonyl (C=O) groups excluding carboxylic acids is 2. The molecule has 0 aliphatic carbocycles. The van der Waals surface area contributed by atoms with Crippen molar-refractivity contribution in [2.75, 3.05) is 38.5 Å². The van der Waals surface area contributed by atoms with Crippen LogP contribution in [0.2, 0.25) is 5.02 Å². The van der Waals surface area contributed by atoms with Gasteiger partial charge in [-0.15, -0.1) is 0 Å². The summed E-state index contributed by atoms with van der Waals surface area (Å²) in [5.41, 5.74) is 1.58. The molecule has 4 rings (SSSR count). The van der Waals surface area contributed by atoms with Crippen LogP contribution in [0.3, 0.4) is 0 Å². The van der Waals surface area contributed by atoms with Gasteiger partial charge in [0.25, 0.3) is 5.91 Å². The summed E-state index contributed by atoms with van der Waals surface area (Å²) in [6, 6.07) is 1.48. The van der Waals surface area contributed by atoms with E-state index in [1.807, 2.05) is 0 Å². The molecule has 2 aromatic rings. The number of nitrogens with zero attached hydrogens (tertiary/aromatic N) is 4.